The number of hydrogen-bond acceptors (Lipinski definition) is 3. The molecule has 0 fully saturated rings. The third-order valence-corrected chi connectivity index (χ3v) is 7.15. The summed E-state index contributed by atoms with van der Waals surface area (Å²) in [5, 5.41) is 3.19. The summed E-state index contributed by atoms with van der Waals surface area (Å²) in [6.45, 7) is 2.10. The van der Waals surface area contributed by atoms with Crippen LogP contribution in [-0.4, -0.2) is 10.1 Å². The number of aliphatic imine (C=N–C) groups is 1. The molecule has 0 amide bonds. The normalized spacial score (nSPS) is 19.4. The number of rotatable bonds is 2. The highest BCUT2D eigenvalue weighted by Gasteiger charge is 2.40. The van der Waals surface area contributed by atoms with Gasteiger partial charge < -0.3 is 4.90 Å². The van der Waals surface area contributed by atoms with Crippen molar-refractivity contribution >= 4 is 28.3 Å². The van der Waals surface area contributed by atoms with Crippen molar-refractivity contribution in [1.29, 1.82) is 0 Å². The average molecular weight is 425 g/mol. The molecule has 31 heavy (non-hydrogen) atoms. The molecule has 0 bridgehead atoms. The smallest absolute Gasteiger partial charge is 0.174 e. The fourth-order valence-electron chi connectivity index (χ4n) is 4.76. The second-order valence-electron chi connectivity index (χ2n) is 8.24. The van der Waals surface area contributed by atoms with Gasteiger partial charge in [0.15, 0.2) is 5.17 Å². The van der Waals surface area contributed by atoms with Crippen molar-refractivity contribution < 1.29 is 4.39 Å². The van der Waals surface area contributed by atoms with Crippen LogP contribution in [0.25, 0.3) is 11.4 Å². The molecule has 0 unspecified atom stereocenters. The van der Waals surface area contributed by atoms with Crippen LogP contribution in [0.5, 0.6) is 0 Å². The monoisotopic (exact) mass is 424 g/mol. The molecule has 6 rings (SSSR count). The van der Waals surface area contributed by atoms with E-state index in [0.717, 1.165) is 35.0 Å². The second kappa shape index (κ2) is 7.24. The summed E-state index contributed by atoms with van der Waals surface area (Å²) in [6, 6.07) is 24.2. The van der Waals surface area contributed by atoms with E-state index in [9.17, 15) is 4.39 Å². The predicted octanol–water partition coefficient (Wildman–Crippen LogP) is 6.95. The van der Waals surface area contributed by atoms with Crippen molar-refractivity contribution in [3.05, 3.63) is 117 Å². The fraction of sp³-hybridized carbons (Fsp3) is 0.148. The van der Waals surface area contributed by atoms with Gasteiger partial charge in [-0.2, -0.15) is 0 Å². The summed E-state index contributed by atoms with van der Waals surface area (Å²) in [5.74, 6) is -0.207. The molecule has 3 aromatic carbocycles. The van der Waals surface area contributed by atoms with Gasteiger partial charge in [-0.15, -0.1) is 0 Å². The van der Waals surface area contributed by atoms with Crippen LogP contribution in [0.3, 0.4) is 0 Å². The average Bonchev–Trinajstić information content (AvgIpc) is 3.22. The Hall–Kier alpha value is -3.11. The van der Waals surface area contributed by atoms with Crippen molar-refractivity contribution in [2.45, 2.75) is 25.8 Å². The molecule has 0 spiro atoms. The van der Waals surface area contributed by atoms with Gasteiger partial charge in [-0.25, -0.2) is 9.38 Å². The maximum absolute atomic E-state index is 13.8. The molecule has 0 radical (unpaired) electrons. The number of amidine groups is 1. The first-order valence-electron chi connectivity index (χ1n) is 10.6. The lowest BCUT2D eigenvalue weighted by atomic mass is 9.82. The largest absolute Gasteiger partial charge is 0.308 e. The Balaban J connectivity index is 1.53. The summed E-state index contributed by atoms with van der Waals surface area (Å²) >= 11 is 1.67. The summed E-state index contributed by atoms with van der Waals surface area (Å²) in [6.07, 6.45) is 1.95. The molecule has 1 aliphatic carbocycles. The summed E-state index contributed by atoms with van der Waals surface area (Å²) in [7, 11) is 0. The quantitative estimate of drug-likeness (QED) is 0.442. The fourth-order valence-corrected chi connectivity index (χ4v) is 5.69. The van der Waals surface area contributed by atoms with Crippen molar-refractivity contribution in [3.63, 3.8) is 0 Å². The lowest BCUT2D eigenvalue weighted by Crippen LogP contribution is -2.34. The number of thioether (sulfide) groups is 1. The van der Waals surface area contributed by atoms with E-state index >= 15 is 0 Å². The Kier molecular flexibility index (Phi) is 4.35. The molecule has 0 saturated carbocycles. The molecule has 2 aliphatic heterocycles. The van der Waals surface area contributed by atoms with Crippen LogP contribution < -0.4 is 0 Å². The van der Waals surface area contributed by atoms with Gasteiger partial charge in [-0.05, 0) is 54.2 Å². The minimum atomic E-state index is -0.207. The summed E-state index contributed by atoms with van der Waals surface area (Å²) in [4.78, 5) is 7.50. The molecule has 2 nitrogen and oxygen atoms in total. The molecule has 152 valence electrons. The third-order valence-electron chi connectivity index (χ3n) is 6.31. The maximum Gasteiger partial charge on any atom is 0.174 e. The third kappa shape index (κ3) is 3.05. The van der Waals surface area contributed by atoms with E-state index in [4.69, 9.17) is 4.99 Å². The van der Waals surface area contributed by atoms with E-state index in [1.807, 2.05) is 12.1 Å². The molecule has 0 aromatic heterocycles. The van der Waals surface area contributed by atoms with Crippen molar-refractivity contribution in [2.24, 2.45) is 4.99 Å². The molecule has 4 heteroatoms. The van der Waals surface area contributed by atoms with E-state index in [0.29, 0.717) is 0 Å². The Bertz CT molecular complexity index is 1270. The Morgan fingerprint density at radius 3 is 2.52 bits per heavy atom. The first-order chi connectivity index (χ1) is 15.2. The Morgan fingerprint density at radius 2 is 1.71 bits per heavy atom. The Labute approximate surface area is 185 Å². The molecule has 0 saturated heterocycles. The standard InChI is InChI=1S/C27H21FN2S/c1-17-6-8-19(9-7-17)24-16-31-27-29-25-22-5-3-2-4-18(22)12-15-23(25)26(30(24)27)20-10-13-21(28)14-11-20/h2-11,13-14,16,26H,12,15H2,1H3/t26-/m0/s1. The van der Waals surface area contributed by atoms with E-state index in [1.54, 1.807) is 23.9 Å². The summed E-state index contributed by atoms with van der Waals surface area (Å²) < 4.78 is 13.8. The molecule has 2 heterocycles. The second-order valence-corrected chi connectivity index (χ2v) is 9.07. The highest BCUT2D eigenvalue weighted by atomic mass is 32.2. The molecule has 3 aliphatic rings. The van der Waals surface area contributed by atoms with Gasteiger partial charge in [0.25, 0.3) is 0 Å². The van der Waals surface area contributed by atoms with Crippen LogP contribution in [0.1, 0.15) is 40.3 Å². The van der Waals surface area contributed by atoms with Gasteiger partial charge in [0.05, 0.1) is 17.4 Å². The van der Waals surface area contributed by atoms with E-state index < -0.39 is 0 Å². The van der Waals surface area contributed by atoms with Gasteiger partial charge in [0, 0.05) is 11.0 Å². The zero-order valence-electron chi connectivity index (χ0n) is 17.2. The number of benzene rings is 3. The number of fused-ring (bicyclic) bond motifs is 3. The lowest BCUT2D eigenvalue weighted by molar-refractivity contribution is 0.473. The van der Waals surface area contributed by atoms with E-state index in [1.165, 1.54) is 27.8 Å². The van der Waals surface area contributed by atoms with Crippen molar-refractivity contribution in [3.8, 4) is 0 Å². The highest BCUT2D eigenvalue weighted by molar-refractivity contribution is 8.16. The van der Waals surface area contributed by atoms with Gasteiger partial charge in [0.2, 0.25) is 0 Å². The van der Waals surface area contributed by atoms with Crippen molar-refractivity contribution in [1.82, 2.24) is 4.90 Å². The summed E-state index contributed by atoms with van der Waals surface area (Å²) in [5.41, 5.74) is 9.66. The van der Waals surface area contributed by atoms with Crippen molar-refractivity contribution in [2.75, 3.05) is 0 Å². The molecule has 3 aromatic rings. The predicted molar refractivity (Wildman–Crippen MR) is 127 cm³/mol. The van der Waals surface area contributed by atoms with Gasteiger partial charge in [0.1, 0.15) is 5.82 Å². The topological polar surface area (TPSA) is 15.6 Å². The zero-order valence-corrected chi connectivity index (χ0v) is 18.0. The van der Waals surface area contributed by atoms with E-state index in [-0.39, 0.29) is 11.9 Å². The number of halogens is 1. The molecule has 1 atom stereocenters. The Morgan fingerprint density at radius 1 is 0.935 bits per heavy atom. The number of nitrogens with zero attached hydrogens (tertiary/aromatic N) is 2. The number of aryl methyl sites for hydroxylation is 2. The number of hydrogen-bond donors (Lipinski definition) is 0. The van der Waals surface area contributed by atoms with Crippen LogP contribution in [0, 0.1) is 12.7 Å². The van der Waals surface area contributed by atoms with Crippen LogP contribution >= 0.6 is 11.8 Å². The lowest BCUT2D eigenvalue weighted by Gasteiger charge is -2.39. The zero-order chi connectivity index (χ0) is 20.9. The molecular formula is C27H21FN2S. The minimum Gasteiger partial charge on any atom is -0.308 e. The van der Waals surface area contributed by atoms with Crippen LogP contribution in [-0.2, 0) is 6.42 Å². The maximum atomic E-state index is 13.8. The first kappa shape index (κ1) is 18.6. The van der Waals surface area contributed by atoms with Crippen LogP contribution in [0.15, 0.2) is 88.8 Å². The minimum absolute atomic E-state index is 0.0130. The molecule has 0 N–H and O–H groups in total. The van der Waals surface area contributed by atoms with Gasteiger partial charge in [-0.1, -0.05) is 78.0 Å². The van der Waals surface area contributed by atoms with Crippen LogP contribution in [0.2, 0.25) is 0 Å². The SMILES string of the molecule is Cc1ccc(C2=CSC3=NC4=C(CCc5ccccc54)[C@H](c4ccc(F)cc4)N23)cc1. The van der Waals surface area contributed by atoms with Crippen LogP contribution in [0.4, 0.5) is 4.39 Å². The first-order valence-corrected chi connectivity index (χ1v) is 11.5. The highest BCUT2D eigenvalue weighted by Crippen LogP contribution is 2.51. The molecular weight excluding hydrogens is 403 g/mol. The van der Waals surface area contributed by atoms with Gasteiger partial charge in [-0.3, -0.25) is 0 Å². The van der Waals surface area contributed by atoms with Gasteiger partial charge >= 0.3 is 0 Å². The van der Waals surface area contributed by atoms with E-state index in [2.05, 4.69) is 65.8 Å².